The topological polar surface area (TPSA) is 66.1 Å². The smallest absolute Gasteiger partial charge is 0.284 e. The van der Waals surface area contributed by atoms with Crippen LogP contribution in [0.3, 0.4) is 0 Å². The number of hydrogen-bond donors (Lipinski definition) is 1. The standard InChI is InChI=1S/C23H16ClF2N3O2/c1-13-8-9-27-11-17(13)23(31)29(15-5-2-4-14(24)10-15)12-18-16-6-3-7-19(25)21(16)28-22(30)20(18)26/h2-11H,12H2,1H3,(H,28,30). The number of H-pyrrole nitrogens is 1. The van der Waals surface area contributed by atoms with Crippen LogP contribution in [0.4, 0.5) is 14.5 Å². The van der Waals surface area contributed by atoms with Crippen LogP contribution >= 0.6 is 11.6 Å². The number of aromatic amines is 1. The third kappa shape index (κ3) is 3.92. The van der Waals surface area contributed by atoms with Crippen LogP contribution in [0.15, 0.2) is 65.7 Å². The van der Waals surface area contributed by atoms with E-state index in [0.717, 1.165) is 0 Å². The number of halogens is 3. The minimum Gasteiger partial charge on any atom is -0.317 e. The summed E-state index contributed by atoms with van der Waals surface area (Å²) in [6.07, 6.45) is 2.98. The van der Waals surface area contributed by atoms with Crippen LogP contribution < -0.4 is 10.5 Å². The summed E-state index contributed by atoms with van der Waals surface area (Å²) in [6.45, 7) is 1.44. The zero-order valence-corrected chi connectivity index (χ0v) is 17.1. The summed E-state index contributed by atoms with van der Waals surface area (Å²) in [7, 11) is 0. The van der Waals surface area contributed by atoms with Crippen LogP contribution in [0.5, 0.6) is 0 Å². The molecule has 2 aromatic carbocycles. The predicted molar refractivity (Wildman–Crippen MR) is 115 cm³/mol. The quantitative estimate of drug-likeness (QED) is 0.486. The van der Waals surface area contributed by atoms with Crippen LogP contribution in [0.25, 0.3) is 10.9 Å². The monoisotopic (exact) mass is 439 g/mol. The Balaban J connectivity index is 1.91. The summed E-state index contributed by atoms with van der Waals surface area (Å²) in [5, 5.41) is 0.542. The van der Waals surface area contributed by atoms with E-state index in [0.29, 0.717) is 21.8 Å². The fraction of sp³-hybridized carbons (Fsp3) is 0.0870. The van der Waals surface area contributed by atoms with Gasteiger partial charge in [-0.2, -0.15) is 0 Å². The molecule has 0 bridgehead atoms. The number of nitrogens with one attached hydrogen (secondary N) is 1. The second-order valence-electron chi connectivity index (χ2n) is 6.97. The summed E-state index contributed by atoms with van der Waals surface area (Å²) >= 11 is 6.12. The molecule has 5 nitrogen and oxygen atoms in total. The maximum Gasteiger partial charge on any atom is 0.284 e. The van der Waals surface area contributed by atoms with Gasteiger partial charge in [-0.05, 0) is 42.8 Å². The first-order valence-corrected chi connectivity index (χ1v) is 9.71. The summed E-state index contributed by atoms with van der Waals surface area (Å²) in [5.74, 6) is -2.24. The number of carbonyl (C=O) groups is 1. The number of aryl methyl sites for hydroxylation is 1. The molecule has 4 rings (SSSR count). The number of hydrogen-bond acceptors (Lipinski definition) is 3. The number of anilines is 1. The summed E-state index contributed by atoms with van der Waals surface area (Å²) in [4.78, 5) is 33.1. The highest BCUT2D eigenvalue weighted by Gasteiger charge is 2.24. The summed E-state index contributed by atoms with van der Waals surface area (Å²) in [6, 6.07) is 12.2. The number of nitrogens with zero attached hydrogens (tertiary/aromatic N) is 2. The van der Waals surface area contributed by atoms with Crippen LogP contribution in [-0.4, -0.2) is 15.9 Å². The first-order chi connectivity index (χ1) is 14.9. The zero-order valence-electron chi connectivity index (χ0n) is 16.3. The van der Waals surface area contributed by atoms with E-state index >= 15 is 0 Å². The van der Waals surface area contributed by atoms with Crippen LogP contribution in [0.2, 0.25) is 5.02 Å². The van der Waals surface area contributed by atoms with Crippen molar-refractivity contribution in [1.82, 2.24) is 9.97 Å². The van der Waals surface area contributed by atoms with Gasteiger partial charge < -0.3 is 9.88 Å². The molecule has 0 fully saturated rings. The molecule has 0 aliphatic carbocycles. The molecule has 0 unspecified atom stereocenters. The average molecular weight is 440 g/mol. The lowest BCUT2D eigenvalue weighted by Crippen LogP contribution is -2.32. The number of amides is 1. The van der Waals surface area contributed by atoms with Crippen molar-refractivity contribution in [3.63, 3.8) is 0 Å². The Morgan fingerprint density at radius 2 is 1.94 bits per heavy atom. The van der Waals surface area contributed by atoms with Crippen molar-refractivity contribution in [2.45, 2.75) is 13.5 Å². The van der Waals surface area contributed by atoms with Crippen molar-refractivity contribution in [1.29, 1.82) is 0 Å². The van der Waals surface area contributed by atoms with Gasteiger partial charge in [-0.3, -0.25) is 14.6 Å². The third-order valence-electron chi connectivity index (χ3n) is 4.99. The molecule has 2 aromatic heterocycles. The molecular weight excluding hydrogens is 424 g/mol. The van der Waals surface area contributed by atoms with Crippen molar-refractivity contribution in [2.24, 2.45) is 0 Å². The van der Waals surface area contributed by atoms with Crippen LogP contribution in [0, 0.1) is 18.6 Å². The molecule has 0 aliphatic heterocycles. The van der Waals surface area contributed by atoms with E-state index in [1.165, 1.54) is 29.3 Å². The molecule has 0 aliphatic rings. The lowest BCUT2D eigenvalue weighted by molar-refractivity contribution is 0.0984. The highest BCUT2D eigenvalue weighted by atomic mass is 35.5. The van der Waals surface area contributed by atoms with Crippen molar-refractivity contribution in [3.8, 4) is 0 Å². The van der Waals surface area contributed by atoms with Crippen molar-refractivity contribution < 1.29 is 13.6 Å². The number of benzene rings is 2. The molecule has 0 radical (unpaired) electrons. The van der Waals surface area contributed by atoms with E-state index in [-0.39, 0.29) is 23.0 Å². The molecule has 0 saturated heterocycles. The maximum atomic E-state index is 14.9. The number of pyridine rings is 2. The minimum absolute atomic E-state index is 0.104. The largest absolute Gasteiger partial charge is 0.317 e. The minimum atomic E-state index is -1.08. The first kappa shape index (κ1) is 20.7. The van der Waals surface area contributed by atoms with Crippen molar-refractivity contribution >= 4 is 34.1 Å². The fourth-order valence-corrected chi connectivity index (χ4v) is 3.58. The Hall–Kier alpha value is -3.58. The van der Waals surface area contributed by atoms with Crippen LogP contribution in [-0.2, 0) is 6.54 Å². The normalized spacial score (nSPS) is 11.0. The van der Waals surface area contributed by atoms with Gasteiger partial charge in [0.05, 0.1) is 17.6 Å². The Labute approximate surface area is 180 Å². The molecule has 2 heterocycles. The number of carbonyl (C=O) groups excluding carboxylic acids is 1. The molecule has 0 spiro atoms. The molecule has 8 heteroatoms. The number of aromatic nitrogens is 2. The zero-order chi connectivity index (χ0) is 22.1. The third-order valence-corrected chi connectivity index (χ3v) is 5.23. The first-order valence-electron chi connectivity index (χ1n) is 9.33. The maximum absolute atomic E-state index is 14.9. The predicted octanol–water partition coefficient (Wildman–Crippen LogP) is 5.01. The Kier molecular flexibility index (Phi) is 5.52. The highest BCUT2D eigenvalue weighted by Crippen LogP contribution is 2.27. The number of fused-ring (bicyclic) bond motifs is 1. The van der Waals surface area contributed by atoms with Gasteiger partial charge in [0, 0.05) is 34.1 Å². The van der Waals surface area contributed by atoms with E-state index < -0.39 is 23.1 Å². The Morgan fingerprint density at radius 3 is 2.68 bits per heavy atom. The van der Waals surface area contributed by atoms with Crippen LogP contribution in [0.1, 0.15) is 21.5 Å². The van der Waals surface area contributed by atoms with E-state index in [1.807, 2.05) is 0 Å². The van der Waals surface area contributed by atoms with Gasteiger partial charge in [0.1, 0.15) is 5.82 Å². The van der Waals surface area contributed by atoms with E-state index in [4.69, 9.17) is 11.6 Å². The van der Waals surface area contributed by atoms with E-state index in [1.54, 1.807) is 43.5 Å². The van der Waals surface area contributed by atoms with Gasteiger partial charge in [-0.1, -0.05) is 29.8 Å². The van der Waals surface area contributed by atoms with Crippen molar-refractivity contribution in [2.75, 3.05) is 4.90 Å². The second kappa shape index (κ2) is 8.28. The van der Waals surface area contributed by atoms with Gasteiger partial charge >= 0.3 is 0 Å². The number of rotatable bonds is 4. The molecule has 31 heavy (non-hydrogen) atoms. The average Bonchev–Trinajstić information content (AvgIpc) is 2.75. The lowest BCUT2D eigenvalue weighted by Gasteiger charge is -2.25. The number of para-hydroxylation sites is 1. The van der Waals surface area contributed by atoms with Gasteiger partial charge in [0.25, 0.3) is 11.5 Å². The Bertz CT molecular complexity index is 1370. The Morgan fingerprint density at radius 1 is 1.16 bits per heavy atom. The molecular formula is C23H16ClF2N3O2. The summed E-state index contributed by atoms with van der Waals surface area (Å²) < 4.78 is 29.2. The van der Waals surface area contributed by atoms with Crippen molar-refractivity contribution in [3.05, 3.63) is 105 Å². The van der Waals surface area contributed by atoms with Gasteiger partial charge in [0.15, 0.2) is 5.82 Å². The van der Waals surface area contributed by atoms with Gasteiger partial charge in [-0.15, -0.1) is 0 Å². The highest BCUT2D eigenvalue weighted by molar-refractivity contribution is 6.31. The molecule has 156 valence electrons. The molecule has 4 aromatic rings. The van der Waals surface area contributed by atoms with Gasteiger partial charge in [-0.25, -0.2) is 8.78 Å². The van der Waals surface area contributed by atoms with E-state index in [2.05, 4.69) is 9.97 Å². The fourth-order valence-electron chi connectivity index (χ4n) is 3.40. The molecule has 1 N–H and O–H groups in total. The van der Waals surface area contributed by atoms with Gasteiger partial charge in [0.2, 0.25) is 0 Å². The summed E-state index contributed by atoms with van der Waals surface area (Å²) in [5.41, 5.74) is 0.0826. The SMILES string of the molecule is Cc1ccncc1C(=O)N(Cc1c(F)c(=O)[nH]c2c(F)cccc12)c1cccc(Cl)c1. The molecule has 0 saturated carbocycles. The molecule has 1 amide bonds. The molecule has 0 atom stereocenters. The van der Waals surface area contributed by atoms with E-state index in [9.17, 15) is 18.4 Å². The lowest BCUT2D eigenvalue weighted by atomic mass is 10.1. The second-order valence-corrected chi connectivity index (χ2v) is 7.41.